The Morgan fingerprint density at radius 1 is 1.20 bits per heavy atom. The van der Waals surface area contributed by atoms with E-state index in [1.165, 1.54) is 16.8 Å². The fourth-order valence-corrected chi connectivity index (χ4v) is 1.74. The molecule has 0 aliphatic carbocycles. The van der Waals surface area contributed by atoms with Crippen LogP contribution in [-0.4, -0.2) is 46.5 Å². The van der Waals surface area contributed by atoms with Crippen molar-refractivity contribution in [3.63, 3.8) is 0 Å². The van der Waals surface area contributed by atoms with E-state index in [2.05, 4.69) is 4.98 Å². The van der Waals surface area contributed by atoms with Gasteiger partial charge in [-0.15, -0.1) is 0 Å². The number of hydrogen-bond donors (Lipinski definition) is 3. The highest BCUT2D eigenvalue weighted by atomic mass is 16.2. The van der Waals surface area contributed by atoms with Gasteiger partial charge in [-0.1, -0.05) is 0 Å². The first-order valence-corrected chi connectivity index (χ1v) is 6.56. The number of carbonyl (C=O) groups is 1. The number of nitrogens with two attached hydrogens (primary N) is 2. The lowest BCUT2D eigenvalue weighted by molar-refractivity contribution is -0.132. The minimum Gasteiger partial charge on any atom is -0.341 e. The number of amides is 1. The van der Waals surface area contributed by atoms with E-state index in [-0.39, 0.29) is 12.5 Å². The van der Waals surface area contributed by atoms with E-state index < -0.39 is 11.2 Å². The summed E-state index contributed by atoms with van der Waals surface area (Å²) in [5, 5.41) is 0. The van der Waals surface area contributed by atoms with Crippen molar-refractivity contribution in [1.82, 2.24) is 14.5 Å². The highest BCUT2D eigenvalue weighted by Crippen LogP contribution is 1.96. The van der Waals surface area contributed by atoms with Crippen LogP contribution in [0, 0.1) is 0 Å². The molecule has 1 amide bonds. The summed E-state index contributed by atoms with van der Waals surface area (Å²) in [6.07, 6.45) is 2.69. The second kappa shape index (κ2) is 8.28. The molecule has 1 aromatic heterocycles. The fourth-order valence-electron chi connectivity index (χ4n) is 1.74. The van der Waals surface area contributed by atoms with E-state index in [1.54, 1.807) is 4.90 Å². The lowest BCUT2D eigenvalue weighted by Gasteiger charge is -2.22. The summed E-state index contributed by atoms with van der Waals surface area (Å²) < 4.78 is 1.17. The minimum atomic E-state index is -0.594. The summed E-state index contributed by atoms with van der Waals surface area (Å²) in [5.41, 5.74) is 9.80. The molecule has 0 fully saturated rings. The molecule has 5 N–H and O–H groups in total. The topological polar surface area (TPSA) is 127 Å². The summed E-state index contributed by atoms with van der Waals surface area (Å²) in [6.45, 7) is 1.95. The van der Waals surface area contributed by atoms with Crippen LogP contribution in [0.1, 0.15) is 12.8 Å². The lowest BCUT2D eigenvalue weighted by atomic mass is 10.3. The van der Waals surface area contributed by atoms with Gasteiger partial charge in [-0.2, -0.15) is 0 Å². The van der Waals surface area contributed by atoms with Gasteiger partial charge in [0.1, 0.15) is 6.54 Å². The first-order valence-electron chi connectivity index (χ1n) is 6.56. The largest absolute Gasteiger partial charge is 0.341 e. The molecule has 0 saturated heterocycles. The van der Waals surface area contributed by atoms with Crippen LogP contribution in [0.3, 0.4) is 0 Å². The number of carbonyl (C=O) groups excluding carboxylic acids is 1. The summed E-state index contributed by atoms with van der Waals surface area (Å²) in [7, 11) is 0. The Bertz CT molecular complexity index is 528. The second-order valence-electron chi connectivity index (χ2n) is 4.40. The number of hydrogen-bond acceptors (Lipinski definition) is 5. The van der Waals surface area contributed by atoms with Gasteiger partial charge in [0.25, 0.3) is 5.56 Å². The second-order valence-corrected chi connectivity index (χ2v) is 4.40. The van der Waals surface area contributed by atoms with Crippen LogP contribution in [0.5, 0.6) is 0 Å². The van der Waals surface area contributed by atoms with Gasteiger partial charge in [-0.3, -0.25) is 19.1 Å². The van der Waals surface area contributed by atoms with Gasteiger partial charge in [0.15, 0.2) is 0 Å². The summed E-state index contributed by atoms with van der Waals surface area (Å²) >= 11 is 0. The first kappa shape index (κ1) is 16.1. The number of nitrogens with zero attached hydrogens (tertiary/aromatic N) is 2. The molecule has 0 bridgehead atoms. The van der Waals surface area contributed by atoms with Gasteiger partial charge in [0, 0.05) is 25.4 Å². The third-order valence-corrected chi connectivity index (χ3v) is 2.82. The van der Waals surface area contributed by atoms with Crippen molar-refractivity contribution in [1.29, 1.82) is 0 Å². The van der Waals surface area contributed by atoms with Crippen LogP contribution in [0.25, 0.3) is 0 Å². The zero-order valence-corrected chi connectivity index (χ0v) is 11.4. The van der Waals surface area contributed by atoms with Gasteiger partial charge in [0.2, 0.25) is 5.91 Å². The van der Waals surface area contributed by atoms with Crippen LogP contribution < -0.4 is 22.7 Å². The van der Waals surface area contributed by atoms with Gasteiger partial charge in [-0.25, -0.2) is 4.79 Å². The van der Waals surface area contributed by atoms with Gasteiger partial charge < -0.3 is 16.4 Å². The molecule has 20 heavy (non-hydrogen) atoms. The number of nitrogens with one attached hydrogen (secondary N) is 1. The molecule has 112 valence electrons. The van der Waals surface area contributed by atoms with Gasteiger partial charge in [-0.05, 0) is 25.9 Å². The monoisotopic (exact) mass is 283 g/mol. The first-order chi connectivity index (χ1) is 9.58. The number of rotatable bonds is 8. The minimum absolute atomic E-state index is 0.106. The van der Waals surface area contributed by atoms with Gasteiger partial charge in [0.05, 0.1) is 0 Å². The molecule has 1 rings (SSSR count). The Morgan fingerprint density at radius 3 is 2.30 bits per heavy atom. The average Bonchev–Trinajstić information content (AvgIpc) is 2.42. The molecule has 0 saturated carbocycles. The Kier molecular flexibility index (Phi) is 6.68. The number of aromatic amines is 1. The normalized spacial score (nSPS) is 10.5. The Balaban J connectivity index is 2.73. The predicted molar refractivity (Wildman–Crippen MR) is 75.2 cm³/mol. The van der Waals surface area contributed by atoms with Crippen LogP contribution in [0.2, 0.25) is 0 Å². The molecule has 0 aromatic carbocycles. The summed E-state index contributed by atoms with van der Waals surface area (Å²) in [5.74, 6) is -0.193. The number of aromatic nitrogens is 2. The molecule has 1 heterocycles. The molecule has 0 aliphatic rings. The van der Waals surface area contributed by atoms with Crippen molar-refractivity contribution in [2.75, 3.05) is 26.2 Å². The average molecular weight is 283 g/mol. The molecule has 8 nitrogen and oxygen atoms in total. The SMILES string of the molecule is NCCCN(CCCN)C(=O)Cn1ccc(=O)[nH]c1=O. The molecule has 0 atom stereocenters. The molecular weight excluding hydrogens is 262 g/mol. The Labute approximate surface area is 116 Å². The third kappa shape index (κ3) is 4.98. The van der Waals surface area contributed by atoms with E-state index in [1.807, 2.05) is 0 Å². The predicted octanol–water partition coefficient (Wildman–Crippen LogP) is -1.94. The van der Waals surface area contributed by atoms with E-state index in [4.69, 9.17) is 11.5 Å². The van der Waals surface area contributed by atoms with Crippen molar-refractivity contribution >= 4 is 5.91 Å². The van der Waals surface area contributed by atoms with Crippen molar-refractivity contribution < 1.29 is 4.79 Å². The smallest absolute Gasteiger partial charge is 0.328 e. The van der Waals surface area contributed by atoms with Crippen LogP contribution in [0.15, 0.2) is 21.9 Å². The maximum atomic E-state index is 12.2. The highest BCUT2D eigenvalue weighted by molar-refractivity contribution is 5.75. The van der Waals surface area contributed by atoms with Crippen molar-refractivity contribution in [2.45, 2.75) is 19.4 Å². The maximum Gasteiger partial charge on any atom is 0.328 e. The molecule has 0 aliphatic heterocycles. The quantitative estimate of drug-likeness (QED) is 0.511. The van der Waals surface area contributed by atoms with Crippen LogP contribution in [0.4, 0.5) is 0 Å². The standard InChI is InChI=1S/C12H21N5O3/c13-4-1-6-16(7-2-5-14)11(19)9-17-8-3-10(18)15-12(17)20/h3,8H,1-2,4-7,9,13-14H2,(H,15,18,20). The van der Waals surface area contributed by atoms with E-state index in [0.29, 0.717) is 39.0 Å². The summed E-state index contributed by atoms with van der Waals surface area (Å²) in [4.78, 5) is 38.4. The third-order valence-electron chi connectivity index (χ3n) is 2.82. The van der Waals surface area contributed by atoms with Crippen molar-refractivity contribution in [3.8, 4) is 0 Å². The zero-order valence-electron chi connectivity index (χ0n) is 11.4. The van der Waals surface area contributed by atoms with E-state index in [0.717, 1.165) is 0 Å². The molecule has 8 heteroatoms. The fraction of sp³-hybridized carbons (Fsp3) is 0.583. The van der Waals surface area contributed by atoms with E-state index >= 15 is 0 Å². The number of H-pyrrole nitrogens is 1. The molecule has 1 aromatic rings. The van der Waals surface area contributed by atoms with E-state index in [9.17, 15) is 14.4 Å². The highest BCUT2D eigenvalue weighted by Gasteiger charge is 2.13. The molecule has 0 unspecified atom stereocenters. The van der Waals surface area contributed by atoms with Crippen molar-refractivity contribution in [2.24, 2.45) is 11.5 Å². The molecule has 0 spiro atoms. The summed E-state index contributed by atoms with van der Waals surface area (Å²) in [6, 6.07) is 1.21. The van der Waals surface area contributed by atoms with Crippen LogP contribution >= 0.6 is 0 Å². The molecule has 0 radical (unpaired) electrons. The molecular formula is C12H21N5O3. The van der Waals surface area contributed by atoms with Crippen molar-refractivity contribution in [3.05, 3.63) is 33.1 Å². The maximum absolute atomic E-state index is 12.2. The van der Waals surface area contributed by atoms with Gasteiger partial charge >= 0.3 is 5.69 Å². The zero-order chi connectivity index (χ0) is 15.0. The lowest BCUT2D eigenvalue weighted by Crippen LogP contribution is -2.40. The van der Waals surface area contributed by atoms with Crippen LogP contribution in [-0.2, 0) is 11.3 Å². The Morgan fingerprint density at radius 2 is 1.80 bits per heavy atom. The Hall–Kier alpha value is -1.93.